The van der Waals surface area contributed by atoms with Crippen LogP contribution in [-0.2, 0) is 4.79 Å². The van der Waals surface area contributed by atoms with E-state index in [9.17, 15) is 4.79 Å². The van der Waals surface area contributed by atoms with Gasteiger partial charge in [-0.25, -0.2) is 0 Å². The van der Waals surface area contributed by atoms with E-state index in [0.717, 1.165) is 36.2 Å². The van der Waals surface area contributed by atoms with Gasteiger partial charge >= 0.3 is 0 Å². The summed E-state index contributed by atoms with van der Waals surface area (Å²) >= 11 is 5.06. The Bertz CT molecular complexity index is 508. The molecule has 0 saturated carbocycles. The fraction of sp³-hybridized carbons (Fsp3) is 0.500. The molecule has 0 spiro atoms. The highest BCUT2D eigenvalue weighted by molar-refractivity contribution is 7.80. The molecule has 1 amide bonds. The Labute approximate surface area is 138 Å². The predicted molar refractivity (Wildman–Crippen MR) is 95.9 cm³/mol. The smallest absolute Gasteiger partial charge is 0.257 e. The summed E-state index contributed by atoms with van der Waals surface area (Å²) in [5.74, 6) is -0.168. The molecule has 0 saturated heterocycles. The van der Waals surface area contributed by atoms with Crippen molar-refractivity contribution in [2.75, 3.05) is 18.4 Å². The summed E-state index contributed by atoms with van der Waals surface area (Å²) in [5, 5.41) is 6.63. The number of benzene rings is 1. The SMILES string of the molecule is CCCCNC(=S)NNC(=O)CNc1c(C)cc(C)cc1C. The number of carbonyl (C=O) groups is 1. The number of anilines is 1. The first-order chi connectivity index (χ1) is 10.4. The second-order valence-electron chi connectivity index (χ2n) is 5.41. The Morgan fingerprint density at radius 3 is 2.36 bits per heavy atom. The normalized spacial score (nSPS) is 10.0. The van der Waals surface area contributed by atoms with Crippen LogP contribution in [0.2, 0.25) is 0 Å². The molecule has 122 valence electrons. The number of hydrazine groups is 1. The lowest BCUT2D eigenvalue weighted by Gasteiger charge is -2.15. The van der Waals surface area contributed by atoms with Crippen LogP contribution in [0.5, 0.6) is 0 Å². The fourth-order valence-corrected chi connectivity index (χ4v) is 2.37. The van der Waals surface area contributed by atoms with Crippen molar-refractivity contribution in [1.82, 2.24) is 16.2 Å². The second kappa shape index (κ2) is 9.25. The van der Waals surface area contributed by atoms with Crippen molar-refractivity contribution < 1.29 is 4.79 Å². The van der Waals surface area contributed by atoms with E-state index < -0.39 is 0 Å². The van der Waals surface area contributed by atoms with Gasteiger partial charge in [0, 0.05) is 12.2 Å². The maximum Gasteiger partial charge on any atom is 0.257 e. The molecule has 0 aromatic heterocycles. The first kappa shape index (κ1) is 18.2. The lowest BCUT2D eigenvalue weighted by molar-refractivity contribution is -0.119. The molecule has 0 atom stereocenters. The highest BCUT2D eigenvalue weighted by Crippen LogP contribution is 2.21. The number of rotatable bonds is 6. The summed E-state index contributed by atoms with van der Waals surface area (Å²) in [6.07, 6.45) is 2.14. The van der Waals surface area contributed by atoms with Crippen molar-refractivity contribution in [3.8, 4) is 0 Å². The van der Waals surface area contributed by atoms with Gasteiger partial charge in [-0.15, -0.1) is 0 Å². The number of carbonyl (C=O) groups excluding carboxylic acids is 1. The van der Waals surface area contributed by atoms with Crippen LogP contribution in [0.4, 0.5) is 5.69 Å². The number of hydrogen-bond acceptors (Lipinski definition) is 3. The molecule has 0 aliphatic rings. The first-order valence-corrected chi connectivity index (χ1v) is 7.99. The van der Waals surface area contributed by atoms with Gasteiger partial charge < -0.3 is 10.6 Å². The molecule has 5 nitrogen and oxygen atoms in total. The molecule has 1 aromatic carbocycles. The number of thiocarbonyl (C=S) groups is 1. The van der Waals surface area contributed by atoms with Gasteiger partial charge in [0.15, 0.2) is 5.11 Å². The van der Waals surface area contributed by atoms with Crippen molar-refractivity contribution in [2.24, 2.45) is 0 Å². The summed E-state index contributed by atoms with van der Waals surface area (Å²) in [6, 6.07) is 4.19. The molecule has 0 radical (unpaired) electrons. The average molecular weight is 322 g/mol. The van der Waals surface area contributed by atoms with Crippen LogP contribution in [0.1, 0.15) is 36.5 Å². The molecule has 0 aliphatic heterocycles. The Hall–Kier alpha value is -1.82. The Morgan fingerprint density at radius 1 is 1.14 bits per heavy atom. The molecular formula is C16H26N4OS. The number of aryl methyl sites for hydroxylation is 3. The maximum absolute atomic E-state index is 11.8. The summed E-state index contributed by atoms with van der Waals surface area (Å²) in [5.41, 5.74) is 9.76. The fourth-order valence-electron chi connectivity index (χ4n) is 2.22. The van der Waals surface area contributed by atoms with Gasteiger partial charge in [0.05, 0.1) is 6.54 Å². The van der Waals surface area contributed by atoms with Crippen LogP contribution in [0.3, 0.4) is 0 Å². The zero-order valence-electron chi connectivity index (χ0n) is 13.8. The lowest BCUT2D eigenvalue weighted by atomic mass is 10.1. The molecule has 22 heavy (non-hydrogen) atoms. The summed E-state index contributed by atoms with van der Waals surface area (Å²) in [4.78, 5) is 11.8. The summed E-state index contributed by atoms with van der Waals surface area (Å²) in [7, 11) is 0. The molecule has 4 N–H and O–H groups in total. The highest BCUT2D eigenvalue weighted by Gasteiger charge is 2.06. The van der Waals surface area contributed by atoms with Crippen molar-refractivity contribution in [2.45, 2.75) is 40.5 Å². The van der Waals surface area contributed by atoms with Crippen LogP contribution < -0.4 is 21.5 Å². The number of hydrogen-bond donors (Lipinski definition) is 4. The van der Waals surface area contributed by atoms with Crippen molar-refractivity contribution >= 4 is 28.9 Å². The van der Waals surface area contributed by atoms with Gasteiger partial charge in [-0.05, 0) is 50.5 Å². The monoisotopic (exact) mass is 322 g/mol. The zero-order chi connectivity index (χ0) is 16.5. The summed E-state index contributed by atoms with van der Waals surface area (Å²) in [6.45, 7) is 9.23. The Balaban J connectivity index is 2.36. The van der Waals surface area contributed by atoms with Gasteiger partial charge in [-0.1, -0.05) is 31.0 Å². The maximum atomic E-state index is 11.8. The van der Waals surface area contributed by atoms with Gasteiger partial charge in [-0.3, -0.25) is 15.6 Å². The van der Waals surface area contributed by atoms with Crippen LogP contribution in [0.25, 0.3) is 0 Å². The van der Waals surface area contributed by atoms with E-state index in [0.29, 0.717) is 5.11 Å². The molecule has 0 aliphatic carbocycles. The topological polar surface area (TPSA) is 65.2 Å². The van der Waals surface area contributed by atoms with E-state index >= 15 is 0 Å². The largest absolute Gasteiger partial charge is 0.376 e. The van der Waals surface area contributed by atoms with Crippen molar-refractivity contribution in [3.63, 3.8) is 0 Å². The third kappa shape index (κ3) is 6.30. The average Bonchev–Trinajstić information content (AvgIpc) is 2.44. The van der Waals surface area contributed by atoms with Crippen molar-refractivity contribution in [3.05, 3.63) is 28.8 Å². The van der Waals surface area contributed by atoms with E-state index in [1.54, 1.807) is 0 Å². The molecule has 0 fully saturated rings. The molecule has 0 bridgehead atoms. The summed E-state index contributed by atoms with van der Waals surface area (Å²) < 4.78 is 0. The van der Waals surface area contributed by atoms with E-state index in [1.807, 2.05) is 13.8 Å². The molecule has 1 rings (SSSR count). The van der Waals surface area contributed by atoms with Gasteiger partial charge in [0.25, 0.3) is 5.91 Å². The number of nitrogens with one attached hydrogen (secondary N) is 4. The molecular weight excluding hydrogens is 296 g/mol. The van der Waals surface area contributed by atoms with E-state index in [1.165, 1.54) is 5.56 Å². The van der Waals surface area contributed by atoms with E-state index in [2.05, 4.69) is 47.5 Å². The molecule has 0 unspecified atom stereocenters. The third-order valence-corrected chi connectivity index (χ3v) is 3.48. The first-order valence-electron chi connectivity index (χ1n) is 7.58. The zero-order valence-corrected chi connectivity index (χ0v) is 14.6. The van der Waals surface area contributed by atoms with Crippen LogP contribution in [0.15, 0.2) is 12.1 Å². The molecule has 6 heteroatoms. The second-order valence-corrected chi connectivity index (χ2v) is 5.82. The van der Waals surface area contributed by atoms with Gasteiger partial charge in [-0.2, -0.15) is 0 Å². The minimum atomic E-state index is -0.168. The quantitative estimate of drug-likeness (QED) is 0.368. The standard InChI is InChI=1S/C16H26N4OS/c1-5-6-7-17-16(22)20-19-14(21)10-18-15-12(3)8-11(2)9-13(15)4/h8-9,18H,5-7,10H2,1-4H3,(H,19,21)(H2,17,20,22). The van der Waals surface area contributed by atoms with Crippen LogP contribution in [0, 0.1) is 20.8 Å². The predicted octanol–water partition coefficient (Wildman–Crippen LogP) is 2.32. The van der Waals surface area contributed by atoms with E-state index in [-0.39, 0.29) is 12.5 Å². The Kier molecular flexibility index (Phi) is 7.66. The minimum absolute atomic E-state index is 0.168. The van der Waals surface area contributed by atoms with Gasteiger partial charge in [0.1, 0.15) is 0 Å². The lowest BCUT2D eigenvalue weighted by Crippen LogP contribution is -2.48. The minimum Gasteiger partial charge on any atom is -0.376 e. The van der Waals surface area contributed by atoms with Crippen LogP contribution >= 0.6 is 12.2 Å². The third-order valence-electron chi connectivity index (χ3n) is 3.23. The molecule has 0 heterocycles. The van der Waals surface area contributed by atoms with E-state index in [4.69, 9.17) is 12.2 Å². The van der Waals surface area contributed by atoms with Crippen molar-refractivity contribution in [1.29, 1.82) is 0 Å². The van der Waals surface area contributed by atoms with Gasteiger partial charge in [0.2, 0.25) is 0 Å². The highest BCUT2D eigenvalue weighted by atomic mass is 32.1. The number of unbranched alkanes of at least 4 members (excludes halogenated alkanes) is 1. The Morgan fingerprint density at radius 2 is 1.77 bits per heavy atom. The molecule has 1 aromatic rings. The van der Waals surface area contributed by atoms with Crippen LogP contribution in [-0.4, -0.2) is 24.1 Å². The number of amides is 1.